The predicted octanol–water partition coefficient (Wildman–Crippen LogP) is -1.75. The number of hydrogen-bond acceptors (Lipinski definition) is 6. The van der Waals surface area contributed by atoms with Gasteiger partial charge in [-0.15, -0.1) is 0 Å². The molecular formula is C7H12N3O5-. The number of amides is 2. The first-order chi connectivity index (χ1) is 6.88. The van der Waals surface area contributed by atoms with Crippen molar-refractivity contribution in [3.63, 3.8) is 0 Å². The summed E-state index contributed by atoms with van der Waals surface area (Å²) >= 11 is 0. The largest absolute Gasteiger partial charge is 0.756 e. The van der Waals surface area contributed by atoms with Gasteiger partial charge in [0.05, 0.1) is 6.42 Å². The van der Waals surface area contributed by atoms with Gasteiger partial charge in [0, 0.05) is 6.92 Å². The average Bonchev–Trinajstić information content (AvgIpc) is 2.14. The number of nitrogens with one attached hydrogen (secondary N) is 1. The summed E-state index contributed by atoms with van der Waals surface area (Å²) < 4.78 is 0. The van der Waals surface area contributed by atoms with Crippen LogP contribution in [0, 0.1) is 5.21 Å². The summed E-state index contributed by atoms with van der Waals surface area (Å²) in [5, 5.41) is 12.8. The van der Waals surface area contributed by atoms with Crippen molar-refractivity contribution in [2.75, 3.05) is 7.05 Å². The third kappa shape index (κ3) is 4.93. The maximum Gasteiger partial charge on any atom is 0.327 e. The van der Waals surface area contributed by atoms with Gasteiger partial charge in [-0.2, -0.15) is 5.90 Å². The Labute approximate surface area is 85.9 Å². The van der Waals surface area contributed by atoms with E-state index in [1.165, 1.54) is 0 Å². The van der Waals surface area contributed by atoms with E-state index in [-0.39, 0.29) is 5.06 Å². The van der Waals surface area contributed by atoms with Crippen molar-refractivity contribution >= 4 is 17.8 Å². The summed E-state index contributed by atoms with van der Waals surface area (Å²) in [5.74, 6) is 2.17. The summed E-state index contributed by atoms with van der Waals surface area (Å²) in [6, 6.07) is -1.25. The lowest BCUT2D eigenvalue weighted by molar-refractivity contribution is -0.147. The van der Waals surface area contributed by atoms with Gasteiger partial charge in [-0.1, -0.05) is 0 Å². The van der Waals surface area contributed by atoms with E-state index in [0.717, 1.165) is 14.0 Å². The molecule has 0 spiro atoms. The smallest absolute Gasteiger partial charge is 0.327 e. The minimum atomic E-state index is -1.25. The first-order valence-corrected chi connectivity index (χ1v) is 3.99. The molecule has 3 N–H and O–H groups in total. The van der Waals surface area contributed by atoms with Gasteiger partial charge in [0.15, 0.2) is 0 Å². The zero-order valence-corrected chi connectivity index (χ0v) is 8.35. The third-order valence-electron chi connectivity index (χ3n) is 1.49. The summed E-state index contributed by atoms with van der Waals surface area (Å²) in [4.78, 5) is 36.5. The van der Waals surface area contributed by atoms with Gasteiger partial charge in [0.1, 0.15) is 6.04 Å². The van der Waals surface area contributed by atoms with Crippen molar-refractivity contribution in [2.45, 2.75) is 19.4 Å². The quantitative estimate of drug-likeness (QED) is 0.539. The van der Waals surface area contributed by atoms with Crippen LogP contribution in [0.5, 0.6) is 0 Å². The van der Waals surface area contributed by atoms with Crippen molar-refractivity contribution in [2.24, 2.45) is 5.90 Å². The molecule has 0 radical (unpaired) electrons. The van der Waals surface area contributed by atoms with Crippen LogP contribution in [0.4, 0.5) is 0 Å². The monoisotopic (exact) mass is 218 g/mol. The molecule has 86 valence electrons. The topological polar surface area (TPSA) is 125 Å². The third-order valence-corrected chi connectivity index (χ3v) is 1.49. The summed E-state index contributed by atoms with van der Waals surface area (Å²) in [6.07, 6.45) is -0.485. The molecule has 0 rings (SSSR count). The van der Waals surface area contributed by atoms with Gasteiger partial charge in [0.25, 0.3) is 0 Å². The van der Waals surface area contributed by atoms with E-state index in [1.807, 2.05) is 0 Å². The second kappa shape index (κ2) is 5.94. The van der Waals surface area contributed by atoms with Gasteiger partial charge in [-0.3, -0.25) is 14.4 Å². The molecule has 0 aromatic carbocycles. The molecule has 8 heteroatoms. The van der Waals surface area contributed by atoms with Crippen molar-refractivity contribution in [3.8, 4) is 0 Å². The number of likely N-dealkylation sites (N-methyl/N-ethyl adjacent to an activating group) is 1. The highest BCUT2D eigenvalue weighted by Crippen LogP contribution is 1.98. The van der Waals surface area contributed by atoms with Crippen LogP contribution < -0.4 is 11.2 Å². The summed E-state index contributed by atoms with van der Waals surface area (Å²) in [5.41, 5.74) is 0. The molecule has 0 aromatic heterocycles. The van der Waals surface area contributed by atoms with Crippen molar-refractivity contribution < 1.29 is 19.2 Å². The second-order valence-electron chi connectivity index (χ2n) is 2.78. The van der Waals surface area contributed by atoms with Crippen LogP contribution in [0.1, 0.15) is 13.3 Å². The van der Waals surface area contributed by atoms with E-state index in [4.69, 9.17) is 0 Å². The van der Waals surface area contributed by atoms with Crippen LogP contribution in [-0.2, 0) is 19.2 Å². The molecule has 0 saturated carbocycles. The van der Waals surface area contributed by atoms with E-state index in [9.17, 15) is 19.6 Å². The van der Waals surface area contributed by atoms with E-state index in [1.54, 1.807) is 0 Å². The van der Waals surface area contributed by atoms with Crippen molar-refractivity contribution in [1.29, 1.82) is 0 Å². The molecule has 0 fully saturated rings. The van der Waals surface area contributed by atoms with Crippen LogP contribution >= 0.6 is 0 Å². The zero-order chi connectivity index (χ0) is 12.0. The van der Waals surface area contributed by atoms with Gasteiger partial charge < -0.3 is 20.4 Å². The zero-order valence-electron chi connectivity index (χ0n) is 8.35. The maximum atomic E-state index is 11.2. The van der Waals surface area contributed by atoms with Crippen LogP contribution in [0.25, 0.3) is 0 Å². The molecule has 0 aliphatic heterocycles. The fraction of sp³-hybridized carbons (Fsp3) is 0.571. The van der Waals surface area contributed by atoms with E-state index < -0.39 is 30.2 Å². The molecule has 0 saturated heterocycles. The minimum Gasteiger partial charge on any atom is -0.756 e. The number of carbonyl (C=O) groups excluding carboxylic acids is 3. The van der Waals surface area contributed by atoms with Gasteiger partial charge in [-0.05, 0) is 7.05 Å². The summed E-state index contributed by atoms with van der Waals surface area (Å²) in [6.45, 7) is 1.15. The van der Waals surface area contributed by atoms with Crippen LogP contribution in [-0.4, -0.2) is 35.9 Å². The highest BCUT2D eigenvalue weighted by Gasteiger charge is 2.23. The minimum absolute atomic E-state index is 0.0183. The van der Waals surface area contributed by atoms with Crippen molar-refractivity contribution in [1.82, 2.24) is 10.4 Å². The fourth-order valence-corrected chi connectivity index (χ4v) is 0.880. The van der Waals surface area contributed by atoms with Gasteiger partial charge >= 0.3 is 5.97 Å². The predicted molar refractivity (Wildman–Crippen MR) is 48.6 cm³/mol. The normalized spacial score (nSPS) is 11.5. The number of carbonyl (C=O) groups is 3. The van der Waals surface area contributed by atoms with Gasteiger partial charge in [0.2, 0.25) is 11.8 Å². The lowest BCUT2D eigenvalue weighted by atomic mass is 10.2. The number of rotatable bonds is 4. The molecule has 1 unspecified atom stereocenters. The highest BCUT2D eigenvalue weighted by molar-refractivity contribution is 5.90. The Morgan fingerprint density at radius 2 is 2.07 bits per heavy atom. The van der Waals surface area contributed by atoms with Crippen LogP contribution in [0.15, 0.2) is 0 Å². The average molecular weight is 218 g/mol. The molecule has 0 bridgehead atoms. The Morgan fingerprint density at radius 3 is 2.40 bits per heavy atom. The first kappa shape index (κ1) is 13.3. The summed E-state index contributed by atoms with van der Waals surface area (Å²) in [7, 11) is 0.963. The molecule has 2 amide bonds. The molecule has 0 aliphatic rings. The standard InChI is InChI=1S/C7H12N3O5/c1-4(11)9-5(3-6(12)15-8)7(13)10(2)14/h5H,3,8H2,1-2H3,(H,9,11)/q-1. The molecule has 15 heavy (non-hydrogen) atoms. The maximum absolute atomic E-state index is 11.2. The lowest BCUT2D eigenvalue weighted by Gasteiger charge is -2.27. The SMILES string of the molecule is CC(=O)NC(CC(=O)ON)C(=O)N(C)[O-]. The molecular weight excluding hydrogens is 206 g/mol. The number of nitrogens with two attached hydrogens (primary N) is 1. The Kier molecular flexibility index (Phi) is 5.27. The van der Waals surface area contributed by atoms with E-state index in [2.05, 4.69) is 16.1 Å². The fourth-order valence-electron chi connectivity index (χ4n) is 0.880. The molecule has 0 aromatic rings. The lowest BCUT2D eigenvalue weighted by Crippen LogP contribution is -2.46. The molecule has 8 nitrogen and oxygen atoms in total. The highest BCUT2D eigenvalue weighted by atomic mass is 16.7. The Balaban J connectivity index is 4.50. The number of hydrogen-bond donors (Lipinski definition) is 2. The Bertz CT molecular complexity index is 265. The first-order valence-electron chi connectivity index (χ1n) is 3.99. The molecule has 0 heterocycles. The number of hydroxylamine groups is 2. The Morgan fingerprint density at radius 1 is 1.53 bits per heavy atom. The van der Waals surface area contributed by atoms with Crippen LogP contribution in [0.2, 0.25) is 0 Å². The van der Waals surface area contributed by atoms with Crippen LogP contribution in [0.3, 0.4) is 0 Å². The van der Waals surface area contributed by atoms with Gasteiger partial charge in [-0.25, -0.2) is 0 Å². The second-order valence-corrected chi connectivity index (χ2v) is 2.78. The van der Waals surface area contributed by atoms with E-state index in [0.29, 0.717) is 0 Å². The Hall–Kier alpha value is -1.67. The number of nitrogens with zero attached hydrogens (tertiary/aromatic N) is 1. The molecule has 0 aliphatic carbocycles. The van der Waals surface area contributed by atoms with Crippen molar-refractivity contribution in [3.05, 3.63) is 5.21 Å². The molecule has 1 atom stereocenters. The van der Waals surface area contributed by atoms with E-state index >= 15 is 0 Å².